The lowest BCUT2D eigenvalue weighted by atomic mass is 10.1. The van der Waals surface area contributed by atoms with Crippen molar-refractivity contribution in [3.63, 3.8) is 0 Å². The summed E-state index contributed by atoms with van der Waals surface area (Å²) in [4.78, 5) is 4.30. The molecule has 0 amide bonds. The number of hydrogen-bond acceptors (Lipinski definition) is 5. The van der Waals surface area contributed by atoms with Gasteiger partial charge in [-0.2, -0.15) is 0 Å². The fraction of sp³-hybridized carbons (Fsp3) is 0.312. The van der Waals surface area contributed by atoms with Crippen LogP contribution in [0.4, 0.5) is 0 Å². The van der Waals surface area contributed by atoms with Gasteiger partial charge in [-0.1, -0.05) is 12.1 Å². The van der Waals surface area contributed by atoms with Crippen molar-refractivity contribution in [2.24, 2.45) is 5.73 Å². The molecule has 112 valence electrons. The Labute approximate surface area is 124 Å². The quantitative estimate of drug-likeness (QED) is 0.885. The first-order chi connectivity index (χ1) is 10.1. The number of hydrogen-bond donors (Lipinski definition) is 1. The molecule has 2 N–H and O–H groups in total. The Balaban J connectivity index is 2.12. The smallest absolute Gasteiger partial charge is 0.213 e. The second kappa shape index (κ2) is 6.95. The zero-order chi connectivity index (χ0) is 15.2. The molecule has 2 rings (SSSR count). The topological polar surface area (TPSA) is 66.6 Å². The van der Waals surface area contributed by atoms with Crippen LogP contribution in [0.2, 0.25) is 0 Å². The molecule has 1 aromatic heterocycles. The molecule has 2 aromatic rings. The van der Waals surface area contributed by atoms with Crippen LogP contribution in [-0.4, -0.2) is 19.2 Å². The molecule has 1 atom stereocenters. The van der Waals surface area contributed by atoms with Gasteiger partial charge in [-0.25, -0.2) is 4.98 Å². The molecule has 21 heavy (non-hydrogen) atoms. The SMILES string of the molecule is COc1cccc(COc2ccc([C@H](C)N)cc2OC)n1. The van der Waals surface area contributed by atoms with Crippen LogP contribution >= 0.6 is 0 Å². The molecule has 0 aliphatic rings. The number of pyridine rings is 1. The van der Waals surface area contributed by atoms with Crippen molar-refractivity contribution in [2.45, 2.75) is 19.6 Å². The highest BCUT2D eigenvalue weighted by molar-refractivity contribution is 5.43. The summed E-state index contributed by atoms with van der Waals surface area (Å²) in [5, 5.41) is 0. The van der Waals surface area contributed by atoms with Gasteiger partial charge in [-0.05, 0) is 30.7 Å². The molecular formula is C16H20N2O3. The van der Waals surface area contributed by atoms with Crippen molar-refractivity contribution in [1.29, 1.82) is 0 Å². The predicted octanol–water partition coefficient (Wildman–Crippen LogP) is 2.70. The molecule has 0 saturated heterocycles. The lowest BCUT2D eigenvalue weighted by Crippen LogP contribution is -2.06. The third kappa shape index (κ3) is 3.86. The van der Waals surface area contributed by atoms with Gasteiger partial charge in [0.1, 0.15) is 6.61 Å². The van der Waals surface area contributed by atoms with Crippen LogP contribution in [0.3, 0.4) is 0 Å². The predicted molar refractivity (Wildman–Crippen MR) is 80.7 cm³/mol. The molecule has 0 aliphatic heterocycles. The van der Waals surface area contributed by atoms with E-state index in [1.165, 1.54) is 0 Å². The number of nitrogens with two attached hydrogens (primary N) is 1. The maximum atomic E-state index is 5.86. The average Bonchev–Trinajstić information content (AvgIpc) is 2.52. The minimum absolute atomic E-state index is 0.0481. The Morgan fingerprint density at radius 2 is 1.90 bits per heavy atom. The summed E-state index contributed by atoms with van der Waals surface area (Å²) in [6.45, 7) is 2.26. The summed E-state index contributed by atoms with van der Waals surface area (Å²) in [7, 11) is 3.19. The standard InChI is InChI=1S/C16H20N2O3/c1-11(17)12-7-8-14(15(9-12)19-2)21-10-13-5-4-6-16(18-13)20-3/h4-9,11H,10,17H2,1-3H3/t11-/m0/s1. The van der Waals surface area contributed by atoms with Gasteiger partial charge in [0.25, 0.3) is 0 Å². The van der Waals surface area contributed by atoms with E-state index in [0.29, 0.717) is 24.0 Å². The van der Waals surface area contributed by atoms with Crippen molar-refractivity contribution in [2.75, 3.05) is 14.2 Å². The van der Waals surface area contributed by atoms with Crippen molar-refractivity contribution in [1.82, 2.24) is 4.98 Å². The molecule has 5 nitrogen and oxygen atoms in total. The third-order valence-corrected chi connectivity index (χ3v) is 3.08. The zero-order valence-electron chi connectivity index (χ0n) is 12.5. The highest BCUT2D eigenvalue weighted by atomic mass is 16.5. The summed E-state index contributed by atoms with van der Waals surface area (Å²) in [5.41, 5.74) is 7.65. The lowest BCUT2D eigenvalue weighted by molar-refractivity contribution is 0.278. The number of aromatic nitrogens is 1. The molecule has 0 radical (unpaired) electrons. The zero-order valence-corrected chi connectivity index (χ0v) is 12.5. The minimum Gasteiger partial charge on any atom is -0.493 e. The number of rotatable bonds is 6. The molecule has 0 bridgehead atoms. The molecule has 0 spiro atoms. The molecule has 1 aromatic carbocycles. The van der Waals surface area contributed by atoms with E-state index >= 15 is 0 Å². The Kier molecular flexibility index (Phi) is 5.00. The Hall–Kier alpha value is -2.27. The van der Waals surface area contributed by atoms with Crippen molar-refractivity contribution < 1.29 is 14.2 Å². The molecule has 0 aliphatic carbocycles. The largest absolute Gasteiger partial charge is 0.493 e. The van der Waals surface area contributed by atoms with Crippen LogP contribution in [0.1, 0.15) is 24.2 Å². The summed E-state index contributed by atoms with van der Waals surface area (Å²) in [6, 6.07) is 11.2. The highest BCUT2D eigenvalue weighted by Crippen LogP contribution is 2.30. The van der Waals surface area contributed by atoms with Crippen LogP contribution in [0.15, 0.2) is 36.4 Å². The molecule has 1 heterocycles. The molecule has 0 unspecified atom stereocenters. The van der Waals surface area contributed by atoms with E-state index in [4.69, 9.17) is 19.9 Å². The van der Waals surface area contributed by atoms with Crippen molar-refractivity contribution in [3.8, 4) is 17.4 Å². The maximum absolute atomic E-state index is 5.86. The third-order valence-electron chi connectivity index (χ3n) is 3.08. The van der Waals surface area contributed by atoms with Crippen LogP contribution in [0, 0.1) is 0 Å². The van der Waals surface area contributed by atoms with Crippen molar-refractivity contribution >= 4 is 0 Å². The van der Waals surface area contributed by atoms with E-state index in [-0.39, 0.29) is 6.04 Å². The van der Waals surface area contributed by atoms with E-state index in [1.807, 2.05) is 37.3 Å². The van der Waals surface area contributed by atoms with Gasteiger partial charge in [0, 0.05) is 12.1 Å². The number of ether oxygens (including phenoxy) is 3. The van der Waals surface area contributed by atoms with Gasteiger partial charge in [-0.3, -0.25) is 0 Å². The first-order valence-corrected chi connectivity index (χ1v) is 6.70. The molecule has 0 fully saturated rings. The van der Waals surface area contributed by atoms with Gasteiger partial charge in [0.15, 0.2) is 11.5 Å². The fourth-order valence-corrected chi connectivity index (χ4v) is 1.89. The Bertz CT molecular complexity index is 600. The Morgan fingerprint density at radius 3 is 2.57 bits per heavy atom. The summed E-state index contributed by atoms with van der Waals surface area (Å²) < 4.78 is 16.2. The summed E-state index contributed by atoms with van der Waals surface area (Å²) in [6.07, 6.45) is 0. The Morgan fingerprint density at radius 1 is 1.10 bits per heavy atom. The van der Waals surface area contributed by atoms with E-state index in [2.05, 4.69) is 4.98 Å². The van der Waals surface area contributed by atoms with Crippen molar-refractivity contribution in [3.05, 3.63) is 47.7 Å². The lowest BCUT2D eigenvalue weighted by Gasteiger charge is -2.13. The summed E-state index contributed by atoms with van der Waals surface area (Å²) in [5.74, 6) is 1.88. The van der Waals surface area contributed by atoms with E-state index in [9.17, 15) is 0 Å². The second-order valence-electron chi connectivity index (χ2n) is 4.66. The van der Waals surface area contributed by atoms with Gasteiger partial charge in [-0.15, -0.1) is 0 Å². The first kappa shape index (κ1) is 15.1. The van der Waals surface area contributed by atoms with E-state index in [1.54, 1.807) is 20.3 Å². The number of benzene rings is 1. The normalized spacial score (nSPS) is 11.8. The number of nitrogens with zero attached hydrogens (tertiary/aromatic N) is 1. The summed E-state index contributed by atoms with van der Waals surface area (Å²) >= 11 is 0. The first-order valence-electron chi connectivity index (χ1n) is 6.70. The monoisotopic (exact) mass is 288 g/mol. The fourth-order valence-electron chi connectivity index (χ4n) is 1.89. The van der Waals surface area contributed by atoms with Crippen LogP contribution < -0.4 is 19.9 Å². The van der Waals surface area contributed by atoms with Crippen LogP contribution in [-0.2, 0) is 6.61 Å². The molecule has 0 saturated carbocycles. The second-order valence-corrected chi connectivity index (χ2v) is 4.66. The van der Waals surface area contributed by atoms with Gasteiger partial charge >= 0.3 is 0 Å². The van der Waals surface area contributed by atoms with Gasteiger partial charge < -0.3 is 19.9 Å². The van der Waals surface area contributed by atoms with Gasteiger partial charge in [0.2, 0.25) is 5.88 Å². The highest BCUT2D eigenvalue weighted by Gasteiger charge is 2.09. The van der Waals surface area contributed by atoms with Crippen LogP contribution in [0.25, 0.3) is 0 Å². The average molecular weight is 288 g/mol. The molecule has 5 heteroatoms. The molecular weight excluding hydrogens is 268 g/mol. The maximum Gasteiger partial charge on any atom is 0.213 e. The number of methoxy groups -OCH3 is 2. The minimum atomic E-state index is -0.0481. The van der Waals surface area contributed by atoms with E-state index < -0.39 is 0 Å². The van der Waals surface area contributed by atoms with Gasteiger partial charge in [0.05, 0.1) is 19.9 Å². The van der Waals surface area contributed by atoms with E-state index in [0.717, 1.165) is 11.3 Å². The van der Waals surface area contributed by atoms with Crippen LogP contribution in [0.5, 0.6) is 17.4 Å².